The third-order valence-electron chi connectivity index (χ3n) is 5.44. The van der Waals surface area contributed by atoms with Gasteiger partial charge in [-0.2, -0.15) is 0 Å². The molecule has 2 saturated carbocycles. The molecule has 0 radical (unpaired) electrons. The highest BCUT2D eigenvalue weighted by molar-refractivity contribution is 4.99. The maximum atomic E-state index is 5.87. The van der Waals surface area contributed by atoms with Crippen LogP contribution >= 0.6 is 0 Å². The first-order chi connectivity index (χ1) is 8.81. The summed E-state index contributed by atoms with van der Waals surface area (Å²) < 4.78 is 5.87. The lowest BCUT2D eigenvalue weighted by molar-refractivity contribution is 0.0824. The van der Waals surface area contributed by atoms with Gasteiger partial charge >= 0.3 is 0 Å². The minimum Gasteiger partial charge on any atom is -0.371 e. The van der Waals surface area contributed by atoms with Gasteiger partial charge in [-0.3, -0.25) is 0 Å². The van der Waals surface area contributed by atoms with Crippen LogP contribution in [0.1, 0.15) is 64.7 Å². The Hall–Kier alpha value is -0.300. The summed E-state index contributed by atoms with van der Waals surface area (Å²) in [4.78, 5) is 0. The van der Waals surface area contributed by atoms with E-state index in [-0.39, 0.29) is 0 Å². The Kier molecular flexibility index (Phi) is 4.08. The van der Waals surface area contributed by atoms with Gasteiger partial charge in [-0.25, -0.2) is 0 Å². The highest BCUT2D eigenvalue weighted by Crippen LogP contribution is 2.43. The fourth-order valence-electron chi connectivity index (χ4n) is 4.34. The summed E-state index contributed by atoms with van der Waals surface area (Å²) in [5.74, 6) is 2.97. The normalized spacial score (nSPS) is 45.3. The molecule has 3 fully saturated rings. The van der Waals surface area contributed by atoms with E-state index in [0.29, 0.717) is 12.2 Å². The molecule has 1 heteroatoms. The summed E-state index contributed by atoms with van der Waals surface area (Å²) in [6.45, 7) is 2.20. The number of rotatable bonds is 2. The summed E-state index contributed by atoms with van der Waals surface area (Å²) in [5, 5.41) is 0. The summed E-state index contributed by atoms with van der Waals surface area (Å²) in [6.07, 6.45) is 18.6. The largest absolute Gasteiger partial charge is 0.371 e. The van der Waals surface area contributed by atoms with Crippen LogP contribution in [-0.2, 0) is 4.74 Å². The lowest BCUT2D eigenvalue weighted by atomic mass is 9.67. The summed E-state index contributed by atoms with van der Waals surface area (Å²) in [6, 6.07) is 0. The molecule has 5 atom stereocenters. The van der Waals surface area contributed by atoms with E-state index < -0.39 is 0 Å². The minimum atomic E-state index is 0.420. The Morgan fingerprint density at radius 3 is 2.44 bits per heavy atom. The van der Waals surface area contributed by atoms with Crippen molar-refractivity contribution in [3.63, 3.8) is 0 Å². The average molecular weight is 248 g/mol. The van der Waals surface area contributed by atoms with Gasteiger partial charge in [0, 0.05) is 0 Å². The van der Waals surface area contributed by atoms with Crippen LogP contribution < -0.4 is 0 Å². The van der Waals surface area contributed by atoms with Crippen LogP contribution in [0.4, 0.5) is 0 Å². The molecular formula is C17H28O. The fraction of sp³-hybridized carbons (Fsp3) is 0.882. The van der Waals surface area contributed by atoms with Crippen LogP contribution in [0.15, 0.2) is 12.2 Å². The molecule has 1 aliphatic heterocycles. The maximum Gasteiger partial charge on any atom is 0.0760 e. The second-order valence-electron chi connectivity index (χ2n) is 6.83. The highest BCUT2D eigenvalue weighted by Gasteiger charge is 2.31. The lowest BCUT2D eigenvalue weighted by Crippen LogP contribution is -2.27. The third-order valence-corrected chi connectivity index (χ3v) is 5.44. The number of fused-ring (bicyclic) bond motifs is 1. The van der Waals surface area contributed by atoms with Crippen molar-refractivity contribution in [3.05, 3.63) is 12.2 Å². The van der Waals surface area contributed by atoms with E-state index >= 15 is 0 Å². The summed E-state index contributed by atoms with van der Waals surface area (Å²) in [7, 11) is 0. The molecule has 0 aromatic heterocycles. The number of hydrogen-bond acceptors (Lipinski definition) is 1. The minimum absolute atomic E-state index is 0.420. The van der Waals surface area contributed by atoms with Gasteiger partial charge in [0.05, 0.1) is 12.2 Å². The monoisotopic (exact) mass is 248 g/mol. The molecule has 18 heavy (non-hydrogen) atoms. The zero-order chi connectivity index (χ0) is 12.4. The van der Waals surface area contributed by atoms with Crippen molar-refractivity contribution < 1.29 is 4.74 Å². The molecule has 1 nitrogen and oxygen atoms in total. The topological polar surface area (TPSA) is 9.23 Å². The summed E-state index contributed by atoms with van der Waals surface area (Å²) in [5.41, 5.74) is 0. The van der Waals surface area contributed by atoms with Crippen molar-refractivity contribution in [1.82, 2.24) is 0 Å². The summed E-state index contributed by atoms with van der Waals surface area (Å²) >= 11 is 0. The molecule has 102 valence electrons. The first-order valence-electron chi connectivity index (χ1n) is 8.15. The molecule has 3 aliphatic rings. The van der Waals surface area contributed by atoms with E-state index in [1.54, 1.807) is 0 Å². The van der Waals surface area contributed by atoms with Crippen molar-refractivity contribution >= 4 is 0 Å². The Balaban J connectivity index is 1.50. The standard InChI is InChI=1S/C17H28O/c1-13-6-10-17(18-13)11-8-14-7-9-15-4-2-3-5-16(15)12-14/h8,11,13-17H,2-7,9-10,12H2,1H3/b11-8+. The van der Waals surface area contributed by atoms with Crippen molar-refractivity contribution in [2.75, 3.05) is 0 Å². The Morgan fingerprint density at radius 2 is 1.67 bits per heavy atom. The molecule has 1 heterocycles. The van der Waals surface area contributed by atoms with Crippen LogP contribution in [0.5, 0.6) is 0 Å². The van der Waals surface area contributed by atoms with Gasteiger partial charge in [0.2, 0.25) is 0 Å². The molecule has 0 N–H and O–H groups in total. The second kappa shape index (κ2) is 5.77. The molecule has 2 aliphatic carbocycles. The van der Waals surface area contributed by atoms with E-state index in [2.05, 4.69) is 19.1 Å². The number of hydrogen-bond donors (Lipinski definition) is 0. The quantitative estimate of drug-likeness (QED) is 0.643. The SMILES string of the molecule is CC1CCC(/C=C/C2CCC3CCCCC3C2)O1. The first kappa shape index (κ1) is 12.7. The van der Waals surface area contributed by atoms with Crippen LogP contribution in [0, 0.1) is 17.8 Å². The van der Waals surface area contributed by atoms with E-state index in [4.69, 9.17) is 4.74 Å². The van der Waals surface area contributed by atoms with Gasteiger partial charge in [-0.05, 0) is 56.8 Å². The molecule has 3 rings (SSSR count). The van der Waals surface area contributed by atoms with Gasteiger partial charge in [-0.1, -0.05) is 37.8 Å². The molecule has 5 unspecified atom stereocenters. The van der Waals surface area contributed by atoms with Crippen molar-refractivity contribution in [2.45, 2.75) is 76.9 Å². The first-order valence-corrected chi connectivity index (χ1v) is 8.15. The van der Waals surface area contributed by atoms with Crippen LogP contribution in [-0.4, -0.2) is 12.2 Å². The predicted octanol–water partition coefficient (Wildman–Crippen LogP) is 4.72. The predicted molar refractivity (Wildman–Crippen MR) is 75.5 cm³/mol. The maximum absolute atomic E-state index is 5.87. The van der Waals surface area contributed by atoms with Gasteiger partial charge in [0.1, 0.15) is 0 Å². The molecule has 0 spiro atoms. The molecule has 1 saturated heterocycles. The van der Waals surface area contributed by atoms with Crippen molar-refractivity contribution in [1.29, 1.82) is 0 Å². The number of ether oxygens (including phenoxy) is 1. The molecular weight excluding hydrogens is 220 g/mol. The highest BCUT2D eigenvalue weighted by atomic mass is 16.5. The van der Waals surface area contributed by atoms with Gasteiger partial charge in [0.15, 0.2) is 0 Å². The second-order valence-corrected chi connectivity index (χ2v) is 6.83. The van der Waals surface area contributed by atoms with Gasteiger partial charge in [-0.15, -0.1) is 0 Å². The van der Waals surface area contributed by atoms with Crippen LogP contribution in [0.25, 0.3) is 0 Å². The van der Waals surface area contributed by atoms with E-state index in [0.717, 1.165) is 17.8 Å². The molecule has 0 aromatic rings. The van der Waals surface area contributed by atoms with Gasteiger partial charge in [0.25, 0.3) is 0 Å². The Labute approximate surface area is 112 Å². The zero-order valence-electron chi connectivity index (χ0n) is 11.8. The van der Waals surface area contributed by atoms with Crippen molar-refractivity contribution in [2.24, 2.45) is 17.8 Å². The zero-order valence-corrected chi connectivity index (χ0v) is 11.8. The van der Waals surface area contributed by atoms with Crippen molar-refractivity contribution in [3.8, 4) is 0 Å². The molecule has 0 aromatic carbocycles. The van der Waals surface area contributed by atoms with Crippen LogP contribution in [0.2, 0.25) is 0 Å². The average Bonchev–Trinajstić information content (AvgIpc) is 2.82. The van der Waals surface area contributed by atoms with E-state index in [1.807, 2.05) is 0 Å². The smallest absolute Gasteiger partial charge is 0.0760 e. The van der Waals surface area contributed by atoms with E-state index in [9.17, 15) is 0 Å². The molecule has 0 amide bonds. The van der Waals surface area contributed by atoms with Crippen LogP contribution in [0.3, 0.4) is 0 Å². The van der Waals surface area contributed by atoms with E-state index in [1.165, 1.54) is 57.8 Å². The molecule has 0 bridgehead atoms. The third kappa shape index (κ3) is 2.99. The fourth-order valence-corrected chi connectivity index (χ4v) is 4.34. The number of allylic oxidation sites excluding steroid dienone is 1. The Bertz CT molecular complexity index is 296. The lowest BCUT2D eigenvalue weighted by Gasteiger charge is -2.38. The Morgan fingerprint density at radius 1 is 0.833 bits per heavy atom. The van der Waals surface area contributed by atoms with Gasteiger partial charge < -0.3 is 4.74 Å².